The van der Waals surface area contributed by atoms with Gasteiger partial charge in [0.05, 0.1) is 12.6 Å². The largest absolute Gasteiger partial charge is 0.379 e. The highest BCUT2D eigenvalue weighted by Crippen LogP contribution is 2.22. The molecule has 2 nitrogen and oxygen atoms in total. The molecule has 0 aliphatic carbocycles. The first-order valence-electron chi connectivity index (χ1n) is 8.47. The third-order valence-corrected chi connectivity index (χ3v) is 4.05. The van der Waals surface area contributed by atoms with Crippen LogP contribution in [0.2, 0.25) is 0 Å². The van der Waals surface area contributed by atoms with Gasteiger partial charge in [0.2, 0.25) is 0 Å². The Kier molecular flexibility index (Phi) is 8.63. The van der Waals surface area contributed by atoms with Gasteiger partial charge in [0.25, 0.3) is 0 Å². The van der Waals surface area contributed by atoms with E-state index in [2.05, 4.69) is 39.8 Å². The second kappa shape index (κ2) is 9.97. The number of nitrogens with two attached hydrogens (primary N) is 1. The molecule has 0 saturated carbocycles. The third kappa shape index (κ3) is 6.62. The van der Waals surface area contributed by atoms with Crippen molar-refractivity contribution in [3.63, 3.8) is 0 Å². The molecule has 2 heteroatoms. The van der Waals surface area contributed by atoms with Crippen LogP contribution in [0.5, 0.6) is 0 Å². The third-order valence-electron chi connectivity index (χ3n) is 4.05. The second-order valence-electron chi connectivity index (χ2n) is 6.26. The molecule has 0 bridgehead atoms. The van der Waals surface area contributed by atoms with Crippen molar-refractivity contribution >= 4 is 0 Å². The summed E-state index contributed by atoms with van der Waals surface area (Å²) in [4.78, 5) is 0. The van der Waals surface area contributed by atoms with Crippen LogP contribution in [0.25, 0.3) is 0 Å². The molecule has 0 amide bonds. The van der Waals surface area contributed by atoms with Gasteiger partial charge >= 0.3 is 0 Å². The van der Waals surface area contributed by atoms with Crippen LogP contribution in [0.3, 0.4) is 0 Å². The molecule has 0 aliphatic rings. The van der Waals surface area contributed by atoms with E-state index in [0.29, 0.717) is 6.61 Å². The lowest BCUT2D eigenvalue weighted by Gasteiger charge is -2.18. The fraction of sp³-hybridized carbons (Fsp3) is 0.684. The van der Waals surface area contributed by atoms with Crippen LogP contribution in [0.1, 0.15) is 73.7 Å². The van der Waals surface area contributed by atoms with Gasteiger partial charge < -0.3 is 10.5 Å². The highest BCUT2D eigenvalue weighted by atomic mass is 16.5. The summed E-state index contributed by atoms with van der Waals surface area (Å²) in [5, 5.41) is 0. The SMILES string of the molecule is CCCCCCCCOCC(N)c1c(C)cc(C)cc1C. The zero-order chi connectivity index (χ0) is 15.7. The Bertz CT molecular complexity index is 391. The average Bonchev–Trinajstić information content (AvgIpc) is 2.40. The smallest absolute Gasteiger partial charge is 0.0659 e. The van der Waals surface area contributed by atoms with Crippen molar-refractivity contribution in [2.75, 3.05) is 13.2 Å². The van der Waals surface area contributed by atoms with Gasteiger partial charge in [0.1, 0.15) is 0 Å². The average molecular weight is 291 g/mol. The van der Waals surface area contributed by atoms with E-state index in [1.165, 1.54) is 54.4 Å². The topological polar surface area (TPSA) is 35.2 Å². The number of rotatable bonds is 10. The first-order valence-corrected chi connectivity index (χ1v) is 8.47. The van der Waals surface area contributed by atoms with Crippen LogP contribution in [0.15, 0.2) is 12.1 Å². The minimum absolute atomic E-state index is 0.00862. The number of hydrogen-bond donors (Lipinski definition) is 1. The van der Waals surface area contributed by atoms with Crippen LogP contribution in [-0.4, -0.2) is 13.2 Å². The molecule has 0 fully saturated rings. The fourth-order valence-corrected chi connectivity index (χ4v) is 3.05. The van der Waals surface area contributed by atoms with Crippen molar-refractivity contribution in [1.82, 2.24) is 0 Å². The summed E-state index contributed by atoms with van der Waals surface area (Å²) < 4.78 is 5.77. The highest BCUT2D eigenvalue weighted by Gasteiger charge is 2.12. The van der Waals surface area contributed by atoms with Gasteiger partial charge in [-0.25, -0.2) is 0 Å². The maximum Gasteiger partial charge on any atom is 0.0659 e. The van der Waals surface area contributed by atoms with E-state index < -0.39 is 0 Å². The monoisotopic (exact) mass is 291 g/mol. The minimum atomic E-state index is -0.00862. The van der Waals surface area contributed by atoms with Crippen molar-refractivity contribution in [1.29, 1.82) is 0 Å². The zero-order valence-corrected chi connectivity index (χ0v) is 14.4. The van der Waals surface area contributed by atoms with Gasteiger partial charge in [-0.05, 0) is 43.9 Å². The Hall–Kier alpha value is -0.860. The predicted octanol–water partition coefficient (Wildman–Crippen LogP) is 4.99. The van der Waals surface area contributed by atoms with E-state index >= 15 is 0 Å². The molecule has 1 atom stereocenters. The lowest BCUT2D eigenvalue weighted by atomic mass is 9.95. The van der Waals surface area contributed by atoms with Crippen molar-refractivity contribution < 1.29 is 4.74 Å². The quantitative estimate of drug-likeness (QED) is 0.616. The van der Waals surface area contributed by atoms with Gasteiger partial charge in [-0.1, -0.05) is 56.7 Å². The lowest BCUT2D eigenvalue weighted by Crippen LogP contribution is -2.20. The fourth-order valence-electron chi connectivity index (χ4n) is 3.05. The molecule has 2 N–H and O–H groups in total. The van der Waals surface area contributed by atoms with Crippen LogP contribution in [0.4, 0.5) is 0 Å². The van der Waals surface area contributed by atoms with Crippen LogP contribution in [-0.2, 0) is 4.74 Å². The molecule has 0 aliphatic heterocycles. The van der Waals surface area contributed by atoms with Crippen molar-refractivity contribution in [3.05, 3.63) is 34.4 Å². The number of aryl methyl sites for hydroxylation is 3. The van der Waals surface area contributed by atoms with Gasteiger partial charge in [-0.3, -0.25) is 0 Å². The second-order valence-corrected chi connectivity index (χ2v) is 6.26. The van der Waals surface area contributed by atoms with E-state index in [1.807, 2.05) is 0 Å². The van der Waals surface area contributed by atoms with Crippen LogP contribution in [0, 0.1) is 20.8 Å². The van der Waals surface area contributed by atoms with E-state index in [4.69, 9.17) is 10.5 Å². The predicted molar refractivity (Wildman–Crippen MR) is 91.8 cm³/mol. The number of unbranched alkanes of at least 4 members (excludes halogenated alkanes) is 5. The summed E-state index contributed by atoms with van der Waals surface area (Å²) in [6.45, 7) is 10.1. The van der Waals surface area contributed by atoms with Crippen molar-refractivity contribution in [2.24, 2.45) is 5.73 Å². The molecule has 0 aromatic heterocycles. The Labute approximate surface area is 131 Å². The van der Waals surface area contributed by atoms with E-state index in [1.54, 1.807) is 0 Å². The molecule has 1 unspecified atom stereocenters. The molecule has 0 spiro atoms. The van der Waals surface area contributed by atoms with Crippen LogP contribution >= 0.6 is 0 Å². The molecule has 1 aromatic carbocycles. The Morgan fingerprint density at radius 2 is 1.52 bits per heavy atom. The van der Waals surface area contributed by atoms with Gasteiger partial charge in [-0.15, -0.1) is 0 Å². The van der Waals surface area contributed by atoms with E-state index in [-0.39, 0.29) is 6.04 Å². The molecule has 1 rings (SSSR count). The normalized spacial score (nSPS) is 12.6. The number of benzene rings is 1. The van der Waals surface area contributed by atoms with E-state index in [0.717, 1.165) is 13.0 Å². The Morgan fingerprint density at radius 3 is 2.14 bits per heavy atom. The minimum Gasteiger partial charge on any atom is -0.379 e. The summed E-state index contributed by atoms with van der Waals surface area (Å²) in [5.41, 5.74) is 11.4. The van der Waals surface area contributed by atoms with Crippen LogP contribution < -0.4 is 5.73 Å². The summed E-state index contributed by atoms with van der Waals surface area (Å²) in [5.74, 6) is 0. The first kappa shape index (κ1) is 18.2. The molecule has 0 saturated heterocycles. The molecule has 1 aromatic rings. The van der Waals surface area contributed by atoms with Crippen molar-refractivity contribution in [2.45, 2.75) is 72.3 Å². The van der Waals surface area contributed by atoms with Crippen molar-refractivity contribution in [3.8, 4) is 0 Å². The standard InChI is InChI=1S/C19H33NO/c1-5-6-7-8-9-10-11-21-14-18(20)19-16(3)12-15(2)13-17(19)4/h12-13,18H,5-11,14,20H2,1-4H3. The molecule has 21 heavy (non-hydrogen) atoms. The number of ether oxygens (including phenoxy) is 1. The molecule has 0 radical (unpaired) electrons. The van der Waals surface area contributed by atoms with Gasteiger partial charge in [-0.2, -0.15) is 0 Å². The van der Waals surface area contributed by atoms with Gasteiger partial charge in [0, 0.05) is 6.61 Å². The van der Waals surface area contributed by atoms with E-state index in [9.17, 15) is 0 Å². The molecule has 120 valence electrons. The zero-order valence-electron chi connectivity index (χ0n) is 14.4. The Balaban J connectivity index is 2.27. The highest BCUT2D eigenvalue weighted by molar-refractivity contribution is 5.39. The lowest BCUT2D eigenvalue weighted by molar-refractivity contribution is 0.117. The maximum atomic E-state index is 6.30. The molecular formula is C19H33NO. The molecular weight excluding hydrogens is 258 g/mol. The van der Waals surface area contributed by atoms with Gasteiger partial charge in [0.15, 0.2) is 0 Å². The first-order chi connectivity index (χ1) is 10.1. The summed E-state index contributed by atoms with van der Waals surface area (Å²) in [7, 11) is 0. The Morgan fingerprint density at radius 1 is 0.952 bits per heavy atom. The maximum absolute atomic E-state index is 6.30. The summed E-state index contributed by atoms with van der Waals surface area (Å²) in [6.07, 6.45) is 7.79. The summed E-state index contributed by atoms with van der Waals surface area (Å²) in [6, 6.07) is 4.40. The molecule has 0 heterocycles. The number of hydrogen-bond acceptors (Lipinski definition) is 2. The summed E-state index contributed by atoms with van der Waals surface area (Å²) >= 11 is 0.